The highest BCUT2D eigenvalue weighted by molar-refractivity contribution is 5.07. The van der Waals surface area contributed by atoms with Crippen molar-refractivity contribution >= 4 is 0 Å². The zero-order valence-electron chi connectivity index (χ0n) is 9.76. The van der Waals surface area contributed by atoms with E-state index >= 15 is 0 Å². The fourth-order valence-corrected chi connectivity index (χ4v) is 4.40. The molecule has 0 aromatic heterocycles. The van der Waals surface area contributed by atoms with Gasteiger partial charge in [-0.25, -0.2) is 0 Å². The first kappa shape index (κ1) is 10.5. The van der Waals surface area contributed by atoms with Crippen molar-refractivity contribution in [3.8, 4) is 0 Å². The fourth-order valence-electron chi connectivity index (χ4n) is 4.40. The van der Waals surface area contributed by atoms with Crippen molar-refractivity contribution in [2.75, 3.05) is 0 Å². The molecule has 2 N–H and O–H groups in total. The van der Waals surface area contributed by atoms with E-state index in [0.717, 1.165) is 11.8 Å². The molecule has 2 aliphatic rings. The monoisotopic (exact) mass is 195 g/mol. The van der Waals surface area contributed by atoms with E-state index in [4.69, 9.17) is 5.73 Å². The number of hydrogen-bond acceptors (Lipinski definition) is 1. The van der Waals surface area contributed by atoms with Crippen LogP contribution in [0.5, 0.6) is 0 Å². The quantitative estimate of drug-likeness (QED) is 0.731. The summed E-state index contributed by atoms with van der Waals surface area (Å²) >= 11 is 0. The van der Waals surface area contributed by atoms with Gasteiger partial charge in [0.2, 0.25) is 0 Å². The van der Waals surface area contributed by atoms with Gasteiger partial charge in [0.05, 0.1) is 0 Å². The Bertz CT molecular complexity index is 189. The summed E-state index contributed by atoms with van der Waals surface area (Å²) in [6, 6.07) is 0.529. The highest BCUT2D eigenvalue weighted by Gasteiger charge is 2.54. The standard InChI is InChI=1S/C13H25N/c1-3-7-13(8-4-2)11-6-5-10(9-11)12(13)14/h10-12H,3-9,14H2,1-2H3/t10-,11+,12-/m0/s1. The van der Waals surface area contributed by atoms with Crippen LogP contribution in [0.25, 0.3) is 0 Å². The van der Waals surface area contributed by atoms with Crippen LogP contribution in [0.1, 0.15) is 58.8 Å². The van der Waals surface area contributed by atoms with Gasteiger partial charge in [0.15, 0.2) is 0 Å². The van der Waals surface area contributed by atoms with E-state index in [-0.39, 0.29) is 0 Å². The van der Waals surface area contributed by atoms with Crippen LogP contribution in [-0.4, -0.2) is 6.04 Å². The molecule has 3 atom stereocenters. The summed E-state index contributed by atoms with van der Waals surface area (Å²) in [5, 5.41) is 0. The SMILES string of the molecule is CCCC1(CCC)[C@@H]2CC[C@@H](C2)[C@@H]1N. The van der Waals surface area contributed by atoms with Crippen LogP contribution < -0.4 is 5.73 Å². The van der Waals surface area contributed by atoms with Gasteiger partial charge in [0.25, 0.3) is 0 Å². The maximum atomic E-state index is 6.47. The van der Waals surface area contributed by atoms with Gasteiger partial charge in [-0.3, -0.25) is 0 Å². The average molecular weight is 195 g/mol. The van der Waals surface area contributed by atoms with Crippen molar-refractivity contribution in [2.45, 2.75) is 64.8 Å². The molecule has 1 nitrogen and oxygen atoms in total. The molecule has 0 aromatic rings. The molecule has 2 saturated carbocycles. The van der Waals surface area contributed by atoms with Crippen molar-refractivity contribution in [2.24, 2.45) is 23.0 Å². The number of nitrogens with two attached hydrogens (primary N) is 1. The Labute approximate surface area is 88.4 Å². The van der Waals surface area contributed by atoms with Crippen molar-refractivity contribution in [1.29, 1.82) is 0 Å². The van der Waals surface area contributed by atoms with Gasteiger partial charge < -0.3 is 5.73 Å². The normalized spacial score (nSPS) is 39.2. The van der Waals surface area contributed by atoms with E-state index in [1.54, 1.807) is 0 Å². The molecule has 1 heteroatoms. The minimum atomic E-state index is 0.529. The second kappa shape index (κ2) is 3.84. The average Bonchev–Trinajstić information content (AvgIpc) is 2.71. The Balaban J connectivity index is 2.16. The second-order valence-corrected chi connectivity index (χ2v) is 5.53. The second-order valence-electron chi connectivity index (χ2n) is 5.53. The predicted molar refractivity (Wildman–Crippen MR) is 61.1 cm³/mol. The van der Waals surface area contributed by atoms with Gasteiger partial charge >= 0.3 is 0 Å². The molecule has 0 heterocycles. The predicted octanol–water partition coefficient (Wildman–Crippen LogP) is 3.33. The molecule has 2 bridgehead atoms. The van der Waals surface area contributed by atoms with Crippen LogP contribution in [0.15, 0.2) is 0 Å². The smallest absolute Gasteiger partial charge is 0.0127 e. The van der Waals surface area contributed by atoms with Crippen LogP contribution in [0.2, 0.25) is 0 Å². The van der Waals surface area contributed by atoms with Crippen molar-refractivity contribution in [3.05, 3.63) is 0 Å². The minimum Gasteiger partial charge on any atom is -0.327 e. The van der Waals surface area contributed by atoms with Crippen molar-refractivity contribution < 1.29 is 0 Å². The summed E-state index contributed by atoms with van der Waals surface area (Å²) in [7, 11) is 0. The highest BCUT2D eigenvalue weighted by Crippen LogP contribution is 2.59. The summed E-state index contributed by atoms with van der Waals surface area (Å²) in [4.78, 5) is 0. The Kier molecular flexibility index (Phi) is 2.88. The van der Waals surface area contributed by atoms with Gasteiger partial charge in [0, 0.05) is 6.04 Å². The highest BCUT2D eigenvalue weighted by atomic mass is 14.8. The van der Waals surface area contributed by atoms with Crippen LogP contribution in [0.4, 0.5) is 0 Å². The summed E-state index contributed by atoms with van der Waals surface area (Å²) in [6.45, 7) is 4.63. The van der Waals surface area contributed by atoms with Gasteiger partial charge in [0.1, 0.15) is 0 Å². The molecule has 0 saturated heterocycles. The van der Waals surface area contributed by atoms with E-state index in [1.807, 2.05) is 0 Å². The Morgan fingerprint density at radius 3 is 2.21 bits per heavy atom. The first-order valence-corrected chi connectivity index (χ1v) is 6.50. The van der Waals surface area contributed by atoms with Gasteiger partial charge in [-0.2, -0.15) is 0 Å². The summed E-state index contributed by atoms with van der Waals surface area (Å²) in [5.74, 6) is 1.85. The Morgan fingerprint density at radius 2 is 1.79 bits per heavy atom. The molecule has 2 aliphatic carbocycles. The molecular formula is C13H25N. The number of hydrogen-bond donors (Lipinski definition) is 1. The van der Waals surface area contributed by atoms with Crippen LogP contribution in [0.3, 0.4) is 0 Å². The Morgan fingerprint density at radius 1 is 1.14 bits per heavy atom. The molecule has 0 unspecified atom stereocenters. The maximum Gasteiger partial charge on any atom is 0.0127 e. The molecule has 2 fully saturated rings. The summed E-state index contributed by atoms with van der Waals surface area (Å²) < 4.78 is 0. The summed E-state index contributed by atoms with van der Waals surface area (Å²) in [5.41, 5.74) is 7.02. The first-order valence-electron chi connectivity index (χ1n) is 6.50. The topological polar surface area (TPSA) is 26.0 Å². The zero-order chi connectivity index (χ0) is 10.2. The number of fused-ring (bicyclic) bond motifs is 2. The Hall–Kier alpha value is -0.0400. The maximum absolute atomic E-state index is 6.47. The van der Waals surface area contributed by atoms with Gasteiger partial charge in [-0.15, -0.1) is 0 Å². The van der Waals surface area contributed by atoms with E-state index in [1.165, 1.54) is 44.9 Å². The van der Waals surface area contributed by atoms with Crippen LogP contribution in [0, 0.1) is 17.3 Å². The molecular weight excluding hydrogens is 170 g/mol. The molecule has 14 heavy (non-hydrogen) atoms. The van der Waals surface area contributed by atoms with Crippen molar-refractivity contribution in [3.63, 3.8) is 0 Å². The van der Waals surface area contributed by atoms with Crippen LogP contribution >= 0.6 is 0 Å². The lowest BCUT2D eigenvalue weighted by Crippen LogP contribution is -2.46. The zero-order valence-corrected chi connectivity index (χ0v) is 9.76. The van der Waals surface area contributed by atoms with Gasteiger partial charge in [-0.05, 0) is 49.4 Å². The van der Waals surface area contributed by atoms with Crippen molar-refractivity contribution in [1.82, 2.24) is 0 Å². The molecule has 0 aromatic carbocycles. The fraction of sp³-hybridized carbons (Fsp3) is 1.00. The summed E-state index contributed by atoms with van der Waals surface area (Å²) in [6.07, 6.45) is 9.72. The number of rotatable bonds is 4. The molecule has 0 aliphatic heterocycles. The van der Waals surface area contributed by atoms with Crippen LogP contribution in [-0.2, 0) is 0 Å². The third-order valence-corrected chi connectivity index (χ3v) is 4.89. The molecule has 82 valence electrons. The molecule has 0 amide bonds. The van der Waals surface area contributed by atoms with Gasteiger partial charge in [-0.1, -0.05) is 26.7 Å². The molecule has 0 spiro atoms. The lowest BCUT2D eigenvalue weighted by atomic mass is 9.65. The minimum absolute atomic E-state index is 0.529. The largest absolute Gasteiger partial charge is 0.327 e. The van der Waals surface area contributed by atoms with E-state index in [2.05, 4.69) is 13.8 Å². The van der Waals surface area contributed by atoms with E-state index in [9.17, 15) is 0 Å². The first-order chi connectivity index (χ1) is 6.74. The lowest BCUT2D eigenvalue weighted by molar-refractivity contribution is 0.103. The third kappa shape index (κ3) is 1.32. The molecule has 0 radical (unpaired) electrons. The molecule has 2 rings (SSSR count). The lowest BCUT2D eigenvalue weighted by Gasteiger charge is -2.42. The van der Waals surface area contributed by atoms with E-state index < -0.39 is 0 Å². The van der Waals surface area contributed by atoms with E-state index in [0.29, 0.717) is 11.5 Å². The third-order valence-electron chi connectivity index (χ3n) is 4.89.